The second-order valence-corrected chi connectivity index (χ2v) is 8.25. The van der Waals surface area contributed by atoms with E-state index in [-0.39, 0.29) is 11.9 Å². The van der Waals surface area contributed by atoms with Crippen molar-refractivity contribution < 1.29 is 4.79 Å². The van der Waals surface area contributed by atoms with E-state index in [4.69, 9.17) is 0 Å². The number of nitrogens with zero attached hydrogens (tertiary/aromatic N) is 3. The minimum absolute atomic E-state index is 0.00968. The lowest BCUT2D eigenvalue weighted by Gasteiger charge is -2.32. The Morgan fingerprint density at radius 1 is 1.19 bits per heavy atom. The Kier molecular flexibility index (Phi) is 6.15. The van der Waals surface area contributed by atoms with Gasteiger partial charge in [-0.2, -0.15) is 5.26 Å². The number of benzene rings is 2. The van der Waals surface area contributed by atoms with Crippen molar-refractivity contribution in [1.29, 1.82) is 5.26 Å². The van der Waals surface area contributed by atoms with Gasteiger partial charge in [-0.25, -0.2) is 0 Å². The molecule has 1 aliphatic heterocycles. The summed E-state index contributed by atoms with van der Waals surface area (Å²) in [5.41, 5.74) is 5.47. The highest BCUT2D eigenvalue weighted by Crippen LogP contribution is 2.30. The summed E-state index contributed by atoms with van der Waals surface area (Å²) in [5.74, 6) is 0.00968. The summed E-state index contributed by atoms with van der Waals surface area (Å²) in [6.45, 7) is 6.18. The van der Waals surface area contributed by atoms with Gasteiger partial charge in [-0.3, -0.25) is 14.7 Å². The summed E-state index contributed by atoms with van der Waals surface area (Å²) < 4.78 is 0. The van der Waals surface area contributed by atoms with Gasteiger partial charge in [-0.15, -0.1) is 0 Å². The number of rotatable bonds is 5. The molecule has 6 nitrogen and oxygen atoms in total. The zero-order chi connectivity index (χ0) is 21.8. The van der Waals surface area contributed by atoms with Gasteiger partial charge < -0.3 is 10.6 Å². The maximum atomic E-state index is 12.3. The van der Waals surface area contributed by atoms with Gasteiger partial charge in [-0.1, -0.05) is 29.8 Å². The molecule has 6 heteroatoms. The van der Waals surface area contributed by atoms with E-state index >= 15 is 0 Å². The summed E-state index contributed by atoms with van der Waals surface area (Å²) in [5, 5.41) is 17.2. The Hall–Kier alpha value is -3.43. The first-order valence-corrected chi connectivity index (χ1v) is 10.7. The molecule has 3 aromatic rings. The maximum absolute atomic E-state index is 12.3. The number of hydrogen-bond acceptors (Lipinski definition) is 5. The molecule has 2 N–H and O–H groups in total. The van der Waals surface area contributed by atoms with Crippen molar-refractivity contribution in [3.05, 3.63) is 65.4 Å². The van der Waals surface area contributed by atoms with Crippen molar-refractivity contribution in [3.8, 4) is 6.07 Å². The number of piperidine rings is 1. The highest BCUT2D eigenvalue weighted by molar-refractivity contribution is 5.96. The molecule has 0 bridgehead atoms. The number of anilines is 2. The second-order valence-electron chi connectivity index (χ2n) is 8.25. The predicted molar refractivity (Wildman–Crippen MR) is 124 cm³/mol. The third kappa shape index (κ3) is 4.84. The minimum Gasteiger partial charge on any atom is -0.381 e. The summed E-state index contributed by atoms with van der Waals surface area (Å²) in [6, 6.07) is 16.3. The lowest BCUT2D eigenvalue weighted by molar-refractivity contribution is -0.117. The number of aromatic nitrogens is 1. The molecule has 1 aliphatic rings. The van der Waals surface area contributed by atoms with Crippen LogP contribution < -0.4 is 10.6 Å². The molecular weight excluding hydrogens is 386 g/mol. The van der Waals surface area contributed by atoms with E-state index in [1.165, 1.54) is 0 Å². The van der Waals surface area contributed by atoms with Crippen LogP contribution in [0.4, 0.5) is 11.4 Å². The first-order valence-electron chi connectivity index (χ1n) is 10.7. The average Bonchev–Trinajstić information content (AvgIpc) is 2.76. The Morgan fingerprint density at radius 2 is 1.94 bits per heavy atom. The molecule has 1 aromatic heterocycles. The van der Waals surface area contributed by atoms with Crippen molar-refractivity contribution in [2.45, 2.75) is 32.7 Å². The van der Waals surface area contributed by atoms with Gasteiger partial charge in [0.2, 0.25) is 5.91 Å². The van der Waals surface area contributed by atoms with Gasteiger partial charge in [0.05, 0.1) is 23.3 Å². The van der Waals surface area contributed by atoms with E-state index in [2.05, 4.69) is 52.6 Å². The molecule has 0 atom stereocenters. The quantitative estimate of drug-likeness (QED) is 0.654. The van der Waals surface area contributed by atoms with Crippen molar-refractivity contribution in [2.24, 2.45) is 0 Å². The van der Waals surface area contributed by atoms with E-state index in [1.807, 2.05) is 30.3 Å². The van der Waals surface area contributed by atoms with Gasteiger partial charge in [0, 0.05) is 36.4 Å². The van der Waals surface area contributed by atoms with Crippen LogP contribution in [0.5, 0.6) is 0 Å². The Labute approximate surface area is 182 Å². The Balaban J connectivity index is 1.41. The van der Waals surface area contributed by atoms with E-state index < -0.39 is 0 Å². The summed E-state index contributed by atoms with van der Waals surface area (Å²) in [6.07, 6.45) is 3.49. The second kappa shape index (κ2) is 9.15. The van der Waals surface area contributed by atoms with Crippen LogP contribution in [0.3, 0.4) is 0 Å². The summed E-state index contributed by atoms with van der Waals surface area (Å²) in [7, 11) is 0. The molecule has 1 amide bonds. The summed E-state index contributed by atoms with van der Waals surface area (Å²) in [4.78, 5) is 19.0. The van der Waals surface area contributed by atoms with Crippen LogP contribution in [-0.4, -0.2) is 41.5 Å². The highest BCUT2D eigenvalue weighted by Gasteiger charge is 2.22. The average molecular weight is 414 g/mol. The van der Waals surface area contributed by atoms with Crippen molar-refractivity contribution in [1.82, 2.24) is 9.88 Å². The number of amides is 1. The number of pyridine rings is 1. The molecule has 4 rings (SSSR count). The van der Waals surface area contributed by atoms with Crippen molar-refractivity contribution >= 4 is 28.2 Å². The smallest absolute Gasteiger partial charge is 0.238 e. The largest absolute Gasteiger partial charge is 0.381 e. The molecule has 2 aromatic carbocycles. The fraction of sp³-hybridized carbons (Fsp3) is 0.320. The lowest BCUT2D eigenvalue weighted by atomic mass is 10.0. The van der Waals surface area contributed by atoms with Crippen LogP contribution in [0.2, 0.25) is 0 Å². The molecule has 158 valence electrons. The van der Waals surface area contributed by atoms with Crippen LogP contribution >= 0.6 is 0 Å². The molecule has 0 unspecified atom stereocenters. The molecular formula is C25H27N5O. The number of hydrogen-bond donors (Lipinski definition) is 2. The monoisotopic (exact) mass is 413 g/mol. The molecule has 0 aliphatic carbocycles. The van der Waals surface area contributed by atoms with Gasteiger partial charge in [0.1, 0.15) is 6.07 Å². The zero-order valence-corrected chi connectivity index (χ0v) is 18.0. The minimum atomic E-state index is 0.00968. The first kappa shape index (κ1) is 20.8. The normalized spacial score (nSPS) is 14.9. The third-order valence-electron chi connectivity index (χ3n) is 5.79. The van der Waals surface area contributed by atoms with E-state index in [1.54, 1.807) is 6.20 Å². The van der Waals surface area contributed by atoms with Crippen LogP contribution in [0.25, 0.3) is 10.9 Å². The number of nitriles is 1. The number of likely N-dealkylation sites (tertiary alicyclic amines) is 1. The number of para-hydroxylation sites is 1. The lowest BCUT2D eigenvalue weighted by Crippen LogP contribution is -2.42. The third-order valence-corrected chi connectivity index (χ3v) is 5.79. The molecule has 0 radical (unpaired) electrons. The van der Waals surface area contributed by atoms with Crippen LogP contribution in [-0.2, 0) is 4.79 Å². The first-order chi connectivity index (χ1) is 15.0. The molecule has 1 saturated heterocycles. The Morgan fingerprint density at radius 3 is 2.65 bits per heavy atom. The molecule has 31 heavy (non-hydrogen) atoms. The molecule has 0 spiro atoms. The maximum Gasteiger partial charge on any atom is 0.238 e. The van der Waals surface area contributed by atoms with E-state index in [9.17, 15) is 10.1 Å². The molecule has 2 heterocycles. The molecule has 0 saturated carbocycles. The van der Waals surface area contributed by atoms with Crippen LogP contribution in [0.1, 0.15) is 29.5 Å². The van der Waals surface area contributed by atoms with E-state index in [0.29, 0.717) is 12.1 Å². The fourth-order valence-corrected chi connectivity index (χ4v) is 4.27. The van der Waals surface area contributed by atoms with Crippen molar-refractivity contribution in [3.63, 3.8) is 0 Å². The van der Waals surface area contributed by atoms with Gasteiger partial charge in [0.25, 0.3) is 0 Å². The number of aryl methyl sites for hydroxylation is 2. The van der Waals surface area contributed by atoms with E-state index in [0.717, 1.165) is 59.3 Å². The van der Waals surface area contributed by atoms with Gasteiger partial charge in [-0.05, 0) is 50.5 Å². The standard InChI is InChI=1S/C25H27N5O/c1-17-12-18(2)24-22(13-17)25(19(14-26)15-27-24)29-21-8-10-30(11-9-21)16-23(31)28-20-6-4-3-5-7-20/h3-7,12-13,15,21H,8-11,16H2,1-2H3,(H,27,29)(H,28,31). The van der Waals surface area contributed by atoms with Crippen LogP contribution in [0, 0.1) is 25.2 Å². The highest BCUT2D eigenvalue weighted by atomic mass is 16.2. The SMILES string of the molecule is Cc1cc(C)c2ncc(C#N)c(NC3CCN(CC(=O)Nc4ccccc4)CC3)c2c1. The van der Waals surface area contributed by atoms with Crippen LogP contribution in [0.15, 0.2) is 48.7 Å². The topological polar surface area (TPSA) is 81.1 Å². The van der Waals surface area contributed by atoms with Gasteiger partial charge in [0.15, 0.2) is 0 Å². The number of carbonyl (C=O) groups excluding carboxylic acids is 1. The molecule has 1 fully saturated rings. The Bertz CT molecular complexity index is 1130. The summed E-state index contributed by atoms with van der Waals surface area (Å²) >= 11 is 0. The number of carbonyl (C=O) groups is 1. The number of fused-ring (bicyclic) bond motifs is 1. The van der Waals surface area contributed by atoms with Gasteiger partial charge >= 0.3 is 0 Å². The number of nitrogens with one attached hydrogen (secondary N) is 2. The zero-order valence-electron chi connectivity index (χ0n) is 18.0. The fourth-order valence-electron chi connectivity index (χ4n) is 4.27. The van der Waals surface area contributed by atoms with Crippen molar-refractivity contribution in [2.75, 3.05) is 30.3 Å². The predicted octanol–water partition coefficient (Wildman–Crippen LogP) is 4.24.